The Morgan fingerprint density at radius 2 is 1.95 bits per heavy atom. The number of amides is 1. The Morgan fingerprint density at radius 1 is 1.35 bits per heavy atom. The molecule has 3 N–H and O–H groups in total. The maximum atomic E-state index is 12.9. The Bertz CT molecular complexity index is 754. The highest BCUT2D eigenvalue weighted by atomic mass is 32.2. The van der Waals surface area contributed by atoms with Crippen molar-refractivity contribution < 1.29 is 17.6 Å². The number of carbonyl (C=O) groups is 1. The average Bonchev–Trinajstić information content (AvgIpc) is 2.71. The van der Waals surface area contributed by atoms with E-state index in [0.717, 1.165) is 17.6 Å². The van der Waals surface area contributed by atoms with E-state index < -0.39 is 21.7 Å². The van der Waals surface area contributed by atoms with E-state index in [0.29, 0.717) is 10.4 Å². The lowest BCUT2D eigenvalue weighted by molar-refractivity contribution is 0.0997. The van der Waals surface area contributed by atoms with Crippen LogP contribution in [0.2, 0.25) is 0 Å². The van der Waals surface area contributed by atoms with Crippen LogP contribution in [0, 0.1) is 5.82 Å². The van der Waals surface area contributed by atoms with Crippen LogP contribution in [-0.4, -0.2) is 25.6 Å². The number of nitrogens with zero attached hydrogens (tertiary/aromatic N) is 1. The number of sulfonamides is 1. The lowest BCUT2D eigenvalue weighted by atomic mass is 10.1. The Kier molecular flexibility index (Phi) is 3.73. The molecule has 0 saturated carbocycles. The maximum Gasteiger partial charge on any atom is 0.268 e. The first kappa shape index (κ1) is 14.4. The van der Waals surface area contributed by atoms with Gasteiger partial charge in [0.1, 0.15) is 11.5 Å². The molecule has 2 rings (SSSR count). The molecule has 1 heterocycles. The van der Waals surface area contributed by atoms with Crippen LogP contribution < -0.4 is 10.5 Å². The summed E-state index contributed by atoms with van der Waals surface area (Å²) in [6.45, 7) is 0. The maximum absolute atomic E-state index is 12.9. The fraction of sp³-hybridized carbons (Fsp3) is 0.0909. The number of primary amides is 1. The third kappa shape index (κ3) is 3.31. The van der Waals surface area contributed by atoms with Crippen molar-refractivity contribution in [1.82, 2.24) is 4.98 Å². The summed E-state index contributed by atoms with van der Waals surface area (Å²) in [5.41, 5.74) is 5.68. The molecule has 0 aliphatic carbocycles. The summed E-state index contributed by atoms with van der Waals surface area (Å²) in [5, 5.41) is 0.0284. The van der Waals surface area contributed by atoms with Gasteiger partial charge in [-0.15, -0.1) is 0 Å². The fourth-order valence-electron chi connectivity index (χ4n) is 1.49. The third-order valence-corrected chi connectivity index (χ3v) is 3.95. The van der Waals surface area contributed by atoms with Crippen molar-refractivity contribution in [3.05, 3.63) is 35.8 Å². The van der Waals surface area contributed by atoms with E-state index in [2.05, 4.69) is 9.71 Å². The van der Waals surface area contributed by atoms with Gasteiger partial charge in [-0.3, -0.25) is 9.52 Å². The first-order valence-electron chi connectivity index (χ1n) is 5.30. The minimum absolute atomic E-state index is 0.0284. The molecule has 1 aromatic heterocycles. The number of hydrogen-bond donors (Lipinski definition) is 2. The highest BCUT2D eigenvalue weighted by Crippen LogP contribution is 2.33. The van der Waals surface area contributed by atoms with Gasteiger partial charge in [0.05, 0.1) is 11.1 Å². The largest absolute Gasteiger partial charge is 0.364 e. The number of thiazole rings is 1. The Morgan fingerprint density at radius 3 is 2.45 bits per heavy atom. The van der Waals surface area contributed by atoms with Gasteiger partial charge < -0.3 is 5.73 Å². The molecule has 0 spiro atoms. The van der Waals surface area contributed by atoms with Crippen molar-refractivity contribution >= 4 is 32.4 Å². The van der Waals surface area contributed by atoms with E-state index in [4.69, 9.17) is 5.73 Å². The van der Waals surface area contributed by atoms with E-state index >= 15 is 0 Å². The minimum Gasteiger partial charge on any atom is -0.364 e. The first-order valence-corrected chi connectivity index (χ1v) is 8.01. The lowest BCUT2D eigenvalue weighted by Gasteiger charge is -1.98. The molecule has 1 amide bonds. The molecular weight excluding hydrogens is 305 g/mol. The number of rotatable bonds is 4. The molecule has 20 heavy (non-hydrogen) atoms. The minimum atomic E-state index is -3.51. The normalized spacial score (nSPS) is 11.3. The third-order valence-electron chi connectivity index (χ3n) is 2.24. The summed E-state index contributed by atoms with van der Waals surface area (Å²) < 4.78 is 37.4. The Labute approximate surface area is 118 Å². The van der Waals surface area contributed by atoms with Crippen LogP contribution >= 0.6 is 11.3 Å². The van der Waals surface area contributed by atoms with Crippen LogP contribution in [0.4, 0.5) is 9.52 Å². The number of halogens is 1. The number of carbonyl (C=O) groups excluding carboxylic acids is 1. The van der Waals surface area contributed by atoms with Crippen LogP contribution in [0.5, 0.6) is 0 Å². The zero-order valence-corrected chi connectivity index (χ0v) is 11.9. The molecule has 0 aliphatic rings. The highest BCUT2D eigenvalue weighted by Gasteiger charge is 2.19. The molecule has 2 aromatic rings. The number of nitrogens with two attached hydrogens (primary N) is 1. The van der Waals surface area contributed by atoms with Crippen molar-refractivity contribution in [3.8, 4) is 10.4 Å². The van der Waals surface area contributed by atoms with Gasteiger partial charge in [0.2, 0.25) is 10.0 Å². The van der Waals surface area contributed by atoms with Crippen molar-refractivity contribution in [2.24, 2.45) is 5.73 Å². The van der Waals surface area contributed by atoms with Crippen LogP contribution in [0.1, 0.15) is 10.5 Å². The molecule has 0 atom stereocenters. The summed E-state index contributed by atoms with van der Waals surface area (Å²) in [6.07, 6.45) is 0.968. The van der Waals surface area contributed by atoms with Gasteiger partial charge >= 0.3 is 0 Å². The molecule has 0 fully saturated rings. The van der Waals surface area contributed by atoms with E-state index in [9.17, 15) is 17.6 Å². The smallest absolute Gasteiger partial charge is 0.268 e. The summed E-state index contributed by atoms with van der Waals surface area (Å²) in [6, 6.07) is 5.37. The Balaban J connectivity index is 2.51. The zero-order chi connectivity index (χ0) is 14.9. The molecule has 0 aliphatic heterocycles. The summed E-state index contributed by atoms with van der Waals surface area (Å²) >= 11 is 0.949. The molecule has 1 aromatic carbocycles. The zero-order valence-electron chi connectivity index (χ0n) is 10.3. The lowest BCUT2D eigenvalue weighted by Crippen LogP contribution is -2.13. The molecule has 0 bridgehead atoms. The molecule has 0 unspecified atom stereocenters. The summed E-state index contributed by atoms with van der Waals surface area (Å²) in [5.74, 6) is -1.21. The van der Waals surface area contributed by atoms with E-state index in [-0.39, 0.29) is 10.8 Å². The van der Waals surface area contributed by atoms with Crippen LogP contribution in [0.3, 0.4) is 0 Å². The number of nitrogens with one attached hydrogen (secondary N) is 1. The van der Waals surface area contributed by atoms with Gasteiger partial charge in [-0.1, -0.05) is 23.5 Å². The molecular formula is C11H10FN3O3S2. The van der Waals surface area contributed by atoms with E-state index in [1.54, 1.807) is 0 Å². The Hall–Kier alpha value is -2.00. The summed E-state index contributed by atoms with van der Waals surface area (Å²) in [7, 11) is -3.51. The molecule has 0 saturated heterocycles. The first-order chi connectivity index (χ1) is 9.26. The molecule has 0 radical (unpaired) electrons. The predicted molar refractivity (Wildman–Crippen MR) is 74.5 cm³/mol. The van der Waals surface area contributed by atoms with Gasteiger partial charge in [0, 0.05) is 0 Å². The number of aromatic nitrogens is 1. The molecule has 6 nitrogen and oxygen atoms in total. The van der Waals surface area contributed by atoms with E-state index in [1.807, 2.05) is 0 Å². The monoisotopic (exact) mass is 315 g/mol. The van der Waals surface area contributed by atoms with Crippen LogP contribution in [-0.2, 0) is 10.0 Å². The van der Waals surface area contributed by atoms with Gasteiger partial charge in [-0.05, 0) is 17.7 Å². The predicted octanol–water partition coefficient (Wildman–Crippen LogP) is 1.42. The molecule has 9 heteroatoms. The van der Waals surface area contributed by atoms with Crippen molar-refractivity contribution in [1.29, 1.82) is 0 Å². The fourth-order valence-corrected chi connectivity index (χ4v) is 3.30. The standard InChI is InChI=1S/C11H10FN3O3S2/c1-20(17,18)15-11-14-8(10(13)16)9(19-11)6-2-4-7(12)5-3-6/h2-5H,1H3,(H2,13,16)(H,14,15). The SMILES string of the molecule is CS(=O)(=O)Nc1nc(C(N)=O)c(-c2ccc(F)cc2)s1. The van der Waals surface area contributed by atoms with Crippen molar-refractivity contribution in [2.75, 3.05) is 11.0 Å². The van der Waals surface area contributed by atoms with Crippen molar-refractivity contribution in [3.63, 3.8) is 0 Å². The number of benzene rings is 1. The van der Waals surface area contributed by atoms with Gasteiger partial charge in [0.15, 0.2) is 5.13 Å². The van der Waals surface area contributed by atoms with Gasteiger partial charge in [0.25, 0.3) is 5.91 Å². The second-order valence-corrected chi connectivity index (χ2v) is 6.69. The van der Waals surface area contributed by atoms with Gasteiger partial charge in [-0.25, -0.2) is 17.8 Å². The van der Waals surface area contributed by atoms with Crippen molar-refractivity contribution in [2.45, 2.75) is 0 Å². The van der Waals surface area contributed by atoms with Gasteiger partial charge in [-0.2, -0.15) is 0 Å². The topological polar surface area (TPSA) is 102 Å². The van der Waals surface area contributed by atoms with Crippen LogP contribution in [0.15, 0.2) is 24.3 Å². The second kappa shape index (κ2) is 5.17. The second-order valence-electron chi connectivity index (χ2n) is 3.94. The quantitative estimate of drug-likeness (QED) is 0.890. The molecule has 106 valence electrons. The van der Waals surface area contributed by atoms with Crippen LogP contribution in [0.25, 0.3) is 10.4 Å². The average molecular weight is 315 g/mol. The highest BCUT2D eigenvalue weighted by molar-refractivity contribution is 7.92. The summed E-state index contributed by atoms with van der Waals surface area (Å²) in [4.78, 5) is 15.6. The number of hydrogen-bond acceptors (Lipinski definition) is 5. The number of anilines is 1. The van der Waals surface area contributed by atoms with E-state index in [1.165, 1.54) is 24.3 Å².